The van der Waals surface area contributed by atoms with Crippen molar-refractivity contribution in [3.05, 3.63) is 34.9 Å². The molecule has 0 atom stereocenters. The highest BCUT2D eigenvalue weighted by Crippen LogP contribution is 2.23. The average molecular weight is 227 g/mol. The van der Waals surface area contributed by atoms with E-state index in [1.165, 1.54) is 12.3 Å². The van der Waals surface area contributed by atoms with Gasteiger partial charge in [0.15, 0.2) is 0 Å². The summed E-state index contributed by atoms with van der Waals surface area (Å²) < 4.78 is 13.3. The number of halogens is 2. The molecule has 0 amide bonds. The molecule has 15 heavy (non-hydrogen) atoms. The highest BCUT2D eigenvalue weighted by Gasteiger charge is 2.05. The van der Waals surface area contributed by atoms with Gasteiger partial charge in [-0.25, -0.2) is 4.39 Å². The van der Waals surface area contributed by atoms with Gasteiger partial charge in [0.2, 0.25) is 0 Å². The molecule has 1 aromatic heterocycles. The highest BCUT2D eigenvalue weighted by molar-refractivity contribution is 6.31. The zero-order valence-corrected chi connectivity index (χ0v) is 9.64. The summed E-state index contributed by atoms with van der Waals surface area (Å²) in [6.45, 7) is 5.77. The Morgan fingerprint density at radius 1 is 1.20 bits per heavy atom. The first kappa shape index (κ1) is 11.9. The van der Waals surface area contributed by atoms with Gasteiger partial charge in [0, 0.05) is 15.8 Å². The van der Waals surface area contributed by atoms with E-state index in [1.807, 2.05) is 13.8 Å². The fourth-order valence-corrected chi connectivity index (χ4v) is 1.45. The van der Waals surface area contributed by atoms with Crippen molar-refractivity contribution in [2.75, 3.05) is 0 Å². The molecule has 2 nitrogen and oxygen atoms in total. The summed E-state index contributed by atoms with van der Waals surface area (Å²) in [4.78, 5) is 0. The molecule has 1 aromatic carbocycles. The quantitative estimate of drug-likeness (QED) is 0.684. The Kier molecular flexibility index (Phi) is 3.97. The molecule has 0 fully saturated rings. The maximum atomic E-state index is 13.3. The number of benzene rings is 1. The molecule has 0 N–H and O–H groups in total. The average Bonchev–Trinajstić information content (AvgIpc) is 2.23. The number of nitrogens with zero attached hydrogens (tertiary/aromatic N) is 2. The van der Waals surface area contributed by atoms with Crippen molar-refractivity contribution in [1.82, 2.24) is 10.2 Å². The number of aryl methyl sites for hydroxylation is 1. The molecule has 0 saturated carbocycles. The monoisotopic (exact) mass is 226 g/mol. The molecule has 4 heteroatoms. The molecule has 2 rings (SSSR count). The Morgan fingerprint density at radius 3 is 2.53 bits per heavy atom. The van der Waals surface area contributed by atoms with Crippen molar-refractivity contribution < 1.29 is 4.39 Å². The lowest BCUT2D eigenvalue weighted by Crippen LogP contribution is -1.90. The van der Waals surface area contributed by atoms with Crippen molar-refractivity contribution in [2.24, 2.45) is 0 Å². The van der Waals surface area contributed by atoms with Crippen LogP contribution in [0.3, 0.4) is 0 Å². The van der Waals surface area contributed by atoms with E-state index in [4.69, 9.17) is 11.6 Å². The van der Waals surface area contributed by atoms with Gasteiger partial charge in [-0.15, -0.1) is 0 Å². The van der Waals surface area contributed by atoms with Crippen LogP contribution in [0.2, 0.25) is 5.02 Å². The fourth-order valence-electron chi connectivity index (χ4n) is 1.24. The molecule has 0 radical (unpaired) electrons. The summed E-state index contributed by atoms with van der Waals surface area (Å²) >= 11 is 5.71. The van der Waals surface area contributed by atoms with Crippen molar-refractivity contribution in [2.45, 2.75) is 20.8 Å². The summed E-state index contributed by atoms with van der Waals surface area (Å²) in [5.74, 6) is -0.361. The van der Waals surface area contributed by atoms with E-state index in [-0.39, 0.29) is 5.82 Å². The second-order valence-corrected chi connectivity index (χ2v) is 3.22. The van der Waals surface area contributed by atoms with Crippen LogP contribution in [0.15, 0.2) is 18.3 Å². The summed E-state index contributed by atoms with van der Waals surface area (Å²) in [7, 11) is 0. The molecule has 80 valence electrons. The Bertz CT molecular complexity index is 471. The summed E-state index contributed by atoms with van der Waals surface area (Å²) in [6, 6.07) is 2.95. The van der Waals surface area contributed by atoms with Crippen LogP contribution in [0, 0.1) is 12.7 Å². The minimum absolute atomic E-state index is 0.361. The van der Waals surface area contributed by atoms with Gasteiger partial charge >= 0.3 is 0 Å². The molecule has 0 aliphatic rings. The standard InChI is InChI=1S/C9H6ClFN2.C2H6/c1-5-7-2-6(10)3-9(11)8(7)4-12-13-5;1-2/h2-4H,1H3;1-2H3. The highest BCUT2D eigenvalue weighted by atomic mass is 35.5. The SMILES string of the molecule is CC.Cc1nncc2c(F)cc(Cl)cc12. The van der Waals surface area contributed by atoms with Crippen LogP contribution in [-0.4, -0.2) is 10.2 Å². The van der Waals surface area contributed by atoms with Crippen LogP contribution in [0.25, 0.3) is 10.8 Å². The molecule has 0 saturated heterocycles. The summed E-state index contributed by atoms with van der Waals surface area (Å²) in [6.07, 6.45) is 1.40. The van der Waals surface area contributed by atoms with Gasteiger partial charge < -0.3 is 0 Å². The van der Waals surface area contributed by atoms with E-state index in [9.17, 15) is 4.39 Å². The normalized spacial score (nSPS) is 9.67. The number of rotatable bonds is 0. The molecule has 0 aliphatic heterocycles. The van der Waals surface area contributed by atoms with Crippen molar-refractivity contribution >= 4 is 22.4 Å². The van der Waals surface area contributed by atoms with E-state index in [0.29, 0.717) is 21.5 Å². The third-order valence-corrected chi connectivity index (χ3v) is 2.10. The van der Waals surface area contributed by atoms with E-state index < -0.39 is 0 Å². The second-order valence-electron chi connectivity index (χ2n) is 2.78. The van der Waals surface area contributed by atoms with Crippen molar-refractivity contribution in [3.8, 4) is 0 Å². The van der Waals surface area contributed by atoms with Crippen LogP contribution in [0.5, 0.6) is 0 Å². The van der Waals surface area contributed by atoms with E-state index in [0.717, 1.165) is 0 Å². The lowest BCUT2D eigenvalue weighted by Gasteiger charge is -2.01. The van der Waals surface area contributed by atoms with E-state index in [2.05, 4.69) is 10.2 Å². The predicted octanol–water partition coefficient (Wildman–Crippen LogP) is 3.76. The molecule has 0 bridgehead atoms. The third-order valence-electron chi connectivity index (χ3n) is 1.88. The largest absolute Gasteiger partial charge is 0.206 e. The van der Waals surface area contributed by atoms with Gasteiger partial charge in [0.25, 0.3) is 0 Å². The van der Waals surface area contributed by atoms with Gasteiger partial charge in [0.05, 0.1) is 11.9 Å². The van der Waals surface area contributed by atoms with Crippen LogP contribution >= 0.6 is 11.6 Å². The smallest absolute Gasteiger partial charge is 0.134 e. The van der Waals surface area contributed by atoms with Crippen LogP contribution < -0.4 is 0 Å². The van der Waals surface area contributed by atoms with Gasteiger partial charge in [-0.2, -0.15) is 10.2 Å². The maximum Gasteiger partial charge on any atom is 0.134 e. The molecule has 0 unspecified atom stereocenters. The third kappa shape index (κ3) is 2.42. The van der Waals surface area contributed by atoms with Crippen LogP contribution in [-0.2, 0) is 0 Å². The molecule has 2 aromatic rings. The van der Waals surface area contributed by atoms with E-state index >= 15 is 0 Å². The molecule has 0 aliphatic carbocycles. The first-order chi connectivity index (χ1) is 7.18. The first-order valence-electron chi connectivity index (χ1n) is 4.75. The molecule has 0 spiro atoms. The van der Waals surface area contributed by atoms with Gasteiger partial charge in [0.1, 0.15) is 5.82 Å². The number of fused-ring (bicyclic) bond motifs is 1. The zero-order valence-electron chi connectivity index (χ0n) is 8.88. The first-order valence-corrected chi connectivity index (χ1v) is 5.13. The zero-order chi connectivity index (χ0) is 11.4. The number of hydrogen-bond acceptors (Lipinski definition) is 2. The number of hydrogen-bond donors (Lipinski definition) is 0. The van der Waals surface area contributed by atoms with Crippen LogP contribution in [0.1, 0.15) is 19.5 Å². The van der Waals surface area contributed by atoms with Gasteiger partial charge in [-0.3, -0.25) is 0 Å². The maximum absolute atomic E-state index is 13.3. The second kappa shape index (κ2) is 5.03. The summed E-state index contributed by atoms with van der Waals surface area (Å²) in [5.41, 5.74) is 0.680. The molecule has 1 heterocycles. The van der Waals surface area contributed by atoms with Crippen molar-refractivity contribution in [1.29, 1.82) is 0 Å². The lowest BCUT2D eigenvalue weighted by atomic mass is 10.1. The predicted molar refractivity (Wildman–Crippen MR) is 60.6 cm³/mol. The Labute approximate surface area is 93.1 Å². The lowest BCUT2D eigenvalue weighted by molar-refractivity contribution is 0.639. The topological polar surface area (TPSA) is 25.8 Å². The minimum Gasteiger partial charge on any atom is -0.206 e. The summed E-state index contributed by atoms with van der Waals surface area (Å²) in [5, 5.41) is 9.02. The van der Waals surface area contributed by atoms with E-state index in [1.54, 1.807) is 13.0 Å². The van der Waals surface area contributed by atoms with Gasteiger partial charge in [-0.1, -0.05) is 25.4 Å². The number of aromatic nitrogens is 2. The minimum atomic E-state index is -0.361. The molecular weight excluding hydrogens is 215 g/mol. The Balaban J connectivity index is 0.000000531. The fraction of sp³-hybridized carbons (Fsp3) is 0.273. The van der Waals surface area contributed by atoms with Crippen LogP contribution in [0.4, 0.5) is 4.39 Å². The molecular formula is C11H12ClFN2. The van der Waals surface area contributed by atoms with Crippen molar-refractivity contribution in [3.63, 3.8) is 0 Å². The van der Waals surface area contributed by atoms with Gasteiger partial charge in [-0.05, 0) is 19.1 Å². The Morgan fingerprint density at radius 2 is 1.87 bits per heavy atom. The Hall–Kier alpha value is -1.22.